The molecule has 3 aromatic heterocycles. The quantitative estimate of drug-likeness (QED) is 0.633. The van der Waals surface area contributed by atoms with Gasteiger partial charge in [-0.3, -0.25) is 0 Å². The Morgan fingerprint density at radius 1 is 1.31 bits per heavy atom. The maximum absolute atomic E-state index is 5.34. The van der Waals surface area contributed by atoms with Gasteiger partial charge in [-0.2, -0.15) is 14.6 Å². The third-order valence-corrected chi connectivity index (χ3v) is 2.71. The van der Waals surface area contributed by atoms with E-state index in [1.165, 1.54) is 11.8 Å². The van der Waals surface area contributed by atoms with E-state index in [0.717, 1.165) is 5.65 Å². The van der Waals surface area contributed by atoms with E-state index in [4.69, 9.17) is 4.42 Å². The molecule has 0 aliphatic rings. The van der Waals surface area contributed by atoms with Crippen LogP contribution in [0, 0.1) is 0 Å². The normalized spacial score (nSPS) is 11.1. The number of thioether (sulfide) groups is 1. The maximum atomic E-state index is 5.34. The molecule has 6 heteroatoms. The predicted octanol–water partition coefficient (Wildman–Crippen LogP) is 2.11. The third-order valence-electron chi connectivity index (χ3n) is 2.16. The van der Waals surface area contributed by atoms with Crippen molar-refractivity contribution in [1.82, 2.24) is 19.6 Å². The van der Waals surface area contributed by atoms with E-state index in [0.29, 0.717) is 16.7 Å². The summed E-state index contributed by atoms with van der Waals surface area (Å²) < 4.78 is 7.00. The van der Waals surface area contributed by atoms with Crippen LogP contribution in [-0.4, -0.2) is 25.8 Å². The number of nitrogens with zero attached hydrogens (tertiary/aromatic N) is 4. The molecule has 5 nitrogen and oxygen atoms in total. The highest BCUT2D eigenvalue weighted by Gasteiger charge is 2.11. The molecule has 0 saturated carbocycles. The second kappa shape index (κ2) is 3.64. The Bertz CT molecular complexity index is 617. The highest BCUT2D eigenvalue weighted by Crippen LogP contribution is 2.20. The highest BCUT2D eigenvalue weighted by atomic mass is 32.2. The van der Waals surface area contributed by atoms with Crippen molar-refractivity contribution in [2.24, 2.45) is 0 Å². The Morgan fingerprint density at radius 3 is 3.00 bits per heavy atom. The van der Waals surface area contributed by atoms with Gasteiger partial charge in [0, 0.05) is 6.07 Å². The van der Waals surface area contributed by atoms with Crippen molar-refractivity contribution in [3.05, 3.63) is 30.7 Å². The number of aromatic nitrogens is 4. The number of fused-ring (bicyclic) bond motifs is 1. The average Bonchev–Trinajstić information content (AvgIpc) is 2.98. The van der Waals surface area contributed by atoms with Crippen molar-refractivity contribution >= 4 is 17.4 Å². The van der Waals surface area contributed by atoms with E-state index in [1.807, 2.05) is 24.5 Å². The molecule has 3 rings (SSSR count). The minimum Gasteiger partial charge on any atom is -0.461 e. The Hall–Kier alpha value is -1.82. The van der Waals surface area contributed by atoms with Gasteiger partial charge in [0.25, 0.3) is 0 Å². The van der Waals surface area contributed by atoms with Crippen molar-refractivity contribution in [2.75, 3.05) is 6.26 Å². The van der Waals surface area contributed by atoms with Crippen LogP contribution in [0.3, 0.4) is 0 Å². The fraction of sp³-hybridized carbons (Fsp3) is 0.100. The van der Waals surface area contributed by atoms with Crippen molar-refractivity contribution in [1.29, 1.82) is 0 Å². The summed E-state index contributed by atoms with van der Waals surface area (Å²) in [5.74, 6) is 1.36. The number of furan rings is 1. The average molecular weight is 232 g/mol. The van der Waals surface area contributed by atoms with E-state index in [1.54, 1.807) is 17.0 Å². The van der Waals surface area contributed by atoms with Crippen molar-refractivity contribution in [3.63, 3.8) is 0 Å². The van der Waals surface area contributed by atoms with Crippen molar-refractivity contribution in [3.8, 4) is 11.6 Å². The molecule has 3 heterocycles. The minimum absolute atomic E-state index is 0.671. The first-order chi connectivity index (χ1) is 7.88. The minimum atomic E-state index is 0.671. The summed E-state index contributed by atoms with van der Waals surface area (Å²) in [5.41, 5.74) is 0.769. The maximum Gasteiger partial charge on any atom is 0.201 e. The van der Waals surface area contributed by atoms with Crippen LogP contribution in [0.2, 0.25) is 0 Å². The molecule has 80 valence electrons. The van der Waals surface area contributed by atoms with E-state index >= 15 is 0 Å². The molecule has 0 aliphatic heterocycles. The SMILES string of the molecule is CSc1nc(-c2ccco2)n2nccc2n1. The van der Waals surface area contributed by atoms with Gasteiger partial charge in [0.1, 0.15) is 0 Å². The second-order valence-corrected chi connectivity index (χ2v) is 3.89. The van der Waals surface area contributed by atoms with Gasteiger partial charge in [-0.15, -0.1) is 0 Å². The Balaban J connectivity index is 2.33. The highest BCUT2D eigenvalue weighted by molar-refractivity contribution is 7.98. The fourth-order valence-electron chi connectivity index (χ4n) is 1.46. The fourth-order valence-corrected chi connectivity index (χ4v) is 1.82. The van der Waals surface area contributed by atoms with Crippen LogP contribution >= 0.6 is 11.8 Å². The molecular formula is C10H8N4OS. The lowest BCUT2D eigenvalue weighted by Gasteiger charge is -2.02. The molecule has 0 amide bonds. The molecule has 0 radical (unpaired) electrons. The molecular weight excluding hydrogens is 224 g/mol. The zero-order valence-electron chi connectivity index (χ0n) is 8.49. The van der Waals surface area contributed by atoms with Crippen LogP contribution in [0.4, 0.5) is 0 Å². The van der Waals surface area contributed by atoms with Gasteiger partial charge in [0.15, 0.2) is 16.6 Å². The summed E-state index contributed by atoms with van der Waals surface area (Å²) in [6.07, 6.45) is 5.25. The molecule has 0 aliphatic carbocycles. The first-order valence-corrected chi connectivity index (χ1v) is 5.90. The van der Waals surface area contributed by atoms with Crippen LogP contribution in [0.5, 0.6) is 0 Å². The third kappa shape index (κ3) is 1.38. The van der Waals surface area contributed by atoms with Crippen LogP contribution in [0.1, 0.15) is 0 Å². The molecule has 0 bridgehead atoms. The summed E-state index contributed by atoms with van der Waals surface area (Å²) in [6, 6.07) is 5.52. The molecule has 16 heavy (non-hydrogen) atoms. The molecule has 0 aromatic carbocycles. The molecule has 0 fully saturated rings. The van der Waals surface area contributed by atoms with Gasteiger partial charge >= 0.3 is 0 Å². The van der Waals surface area contributed by atoms with E-state index < -0.39 is 0 Å². The summed E-state index contributed by atoms with van der Waals surface area (Å²) >= 11 is 1.49. The van der Waals surface area contributed by atoms with Gasteiger partial charge in [-0.1, -0.05) is 11.8 Å². The zero-order valence-corrected chi connectivity index (χ0v) is 9.31. The summed E-state index contributed by atoms with van der Waals surface area (Å²) in [7, 11) is 0. The van der Waals surface area contributed by atoms with E-state index in [2.05, 4.69) is 15.1 Å². The van der Waals surface area contributed by atoms with Gasteiger partial charge < -0.3 is 4.42 Å². The van der Waals surface area contributed by atoms with Crippen molar-refractivity contribution < 1.29 is 4.42 Å². The molecule has 0 spiro atoms. The second-order valence-electron chi connectivity index (χ2n) is 3.11. The van der Waals surface area contributed by atoms with Crippen LogP contribution < -0.4 is 0 Å². The summed E-state index contributed by atoms with van der Waals surface area (Å²) in [6.45, 7) is 0. The van der Waals surface area contributed by atoms with E-state index in [9.17, 15) is 0 Å². The molecule has 0 unspecified atom stereocenters. The first kappa shape index (κ1) is 9.41. The predicted molar refractivity (Wildman–Crippen MR) is 60.3 cm³/mol. The Labute approximate surface area is 95.5 Å². The van der Waals surface area contributed by atoms with Crippen LogP contribution in [0.25, 0.3) is 17.2 Å². The van der Waals surface area contributed by atoms with E-state index in [-0.39, 0.29) is 0 Å². The number of rotatable bonds is 2. The number of hydrogen-bond donors (Lipinski definition) is 0. The summed E-state index contributed by atoms with van der Waals surface area (Å²) in [5, 5.41) is 4.88. The zero-order chi connectivity index (χ0) is 11.0. The van der Waals surface area contributed by atoms with Gasteiger partial charge in [-0.05, 0) is 18.4 Å². The Morgan fingerprint density at radius 2 is 2.25 bits per heavy atom. The lowest BCUT2D eigenvalue weighted by atomic mass is 10.4. The monoisotopic (exact) mass is 232 g/mol. The van der Waals surface area contributed by atoms with Gasteiger partial charge in [0.2, 0.25) is 5.82 Å². The summed E-state index contributed by atoms with van der Waals surface area (Å²) in [4.78, 5) is 8.73. The molecule has 0 saturated heterocycles. The topological polar surface area (TPSA) is 56.2 Å². The molecule has 0 N–H and O–H groups in total. The first-order valence-electron chi connectivity index (χ1n) is 4.68. The van der Waals surface area contributed by atoms with Gasteiger partial charge in [0.05, 0.1) is 12.5 Å². The lowest BCUT2D eigenvalue weighted by Crippen LogP contribution is -2.00. The molecule has 0 atom stereocenters. The van der Waals surface area contributed by atoms with Crippen molar-refractivity contribution in [2.45, 2.75) is 5.16 Å². The standard InChI is InChI=1S/C10H8N4OS/c1-16-10-12-8-4-5-11-14(8)9(13-10)7-3-2-6-15-7/h2-6H,1H3. The lowest BCUT2D eigenvalue weighted by molar-refractivity contribution is 0.571. The van der Waals surface area contributed by atoms with Crippen LogP contribution in [-0.2, 0) is 0 Å². The smallest absolute Gasteiger partial charge is 0.201 e. The largest absolute Gasteiger partial charge is 0.461 e. The Kier molecular flexibility index (Phi) is 2.14. The molecule has 3 aromatic rings. The van der Waals surface area contributed by atoms with Crippen LogP contribution in [0.15, 0.2) is 40.2 Å². The van der Waals surface area contributed by atoms with Gasteiger partial charge in [-0.25, -0.2) is 4.98 Å². The number of hydrogen-bond acceptors (Lipinski definition) is 5.